The number of halogens is 2. The highest BCUT2D eigenvalue weighted by molar-refractivity contribution is 5.94. The Kier molecular flexibility index (Phi) is 4.23. The second-order valence-corrected chi connectivity index (χ2v) is 5.23. The minimum absolute atomic E-state index is 0.0466. The maximum Gasteiger partial charge on any atom is 0.387 e. The molecular formula is C14H17F2NO3. The Hall–Kier alpha value is -1.69. The molecule has 2 rings (SSSR count). The van der Waals surface area contributed by atoms with Crippen LogP contribution >= 0.6 is 0 Å². The molecule has 110 valence electrons. The van der Waals surface area contributed by atoms with Crippen molar-refractivity contribution in [3.63, 3.8) is 0 Å². The minimum atomic E-state index is -2.92. The lowest BCUT2D eigenvalue weighted by atomic mass is 9.94. The van der Waals surface area contributed by atoms with Crippen LogP contribution in [0.2, 0.25) is 0 Å². The van der Waals surface area contributed by atoms with Crippen molar-refractivity contribution in [1.29, 1.82) is 0 Å². The fraction of sp³-hybridized carbons (Fsp3) is 0.500. The van der Waals surface area contributed by atoms with E-state index in [-0.39, 0.29) is 23.8 Å². The zero-order chi connectivity index (χ0) is 14.8. The Morgan fingerprint density at radius 1 is 1.50 bits per heavy atom. The first-order valence-corrected chi connectivity index (χ1v) is 6.44. The lowest BCUT2D eigenvalue weighted by Crippen LogP contribution is -2.48. The van der Waals surface area contributed by atoms with E-state index in [4.69, 9.17) is 0 Å². The molecule has 1 atom stereocenters. The highest BCUT2D eigenvalue weighted by Gasteiger charge is 2.31. The number of nitrogens with zero attached hydrogens (tertiary/aromatic N) is 1. The summed E-state index contributed by atoms with van der Waals surface area (Å²) in [6.45, 7) is -0.445. The van der Waals surface area contributed by atoms with Gasteiger partial charge in [0.2, 0.25) is 0 Å². The zero-order valence-electron chi connectivity index (χ0n) is 11.2. The first kappa shape index (κ1) is 14.7. The summed E-state index contributed by atoms with van der Waals surface area (Å²) in [4.78, 5) is 13.8. The van der Waals surface area contributed by atoms with Crippen LogP contribution in [0, 0.1) is 0 Å². The molecule has 0 radical (unpaired) electrons. The van der Waals surface area contributed by atoms with Crippen LogP contribution in [0.15, 0.2) is 24.3 Å². The second-order valence-electron chi connectivity index (χ2n) is 5.23. The summed E-state index contributed by atoms with van der Waals surface area (Å²) in [5.74, 6) is -0.334. The van der Waals surface area contributed by atoms with Crippen LogP contribution in [0.5, 0.6) is 5.75 Å². The molecule has 0 aromatic heterocycles. The third-order valence-corrected chi connectivity index (χ3v) is 3.27. The summed E-state index contributed by atoms with van der Waals surface area (Å²) < 4.78 is 28.6. The molecule has 1 saturated heterocycles. The van der Waals surface area contributed by atoms with Crippen LogP contribution < -0.4 is 4.74 Å². The van der Waals surface area contributed by atoms with Gasteiger partial charge in [0.05, 0.1) is 5.60 Å². The average molecular weight is 285 g/mol. The molecule has 1 aliphatic rings. The van der Waals surface area contributed by atoms with Crippen molar-refractivity contribution in [1.82, 2.24) is 4.90 Å². The van der Waals surface area contributed by atoms with Gasteiger partial charge in [0.15, 0.2) is 0 Å². The van der Waals surface area contributed by atoms with Crippen molar-refractivity contribution in [2.24, 2.45) is 0 Å². The number of rotatable bonds is 3. The Morgan fingerprint density at radius 3 is 2.90 bits per heavy atom. The first-order valence-electron chi connectivity index (χ1n) is 6.44. The number of likely N-dealkylation sites (tertiary alicyclic amines) is 1. The third-order valence-electron chi connectivity index (χ3n) is 3.27. The normalized spacial score (nSPS) is 22.9. The van der Waals surface area contributed by atoms with Gasteiger partial charge in [0, 0.05) is 18.7 Å². The number of benzene rings is 1. The summed E-state index contributed by atoms with van der Waals surface area (Å²) >= 11 is 0. The fourth-order valence-corrected chi connectivity index (χ4v) is 2.38. The van der Waals surface area contributed by atoms with E-state index in [0.717, 1.165) is 0 Å². The largest absolute Gasteiger partial charge is 0.435 e. The summed E-state index contributed by atoms with van der Waals surface area (Å²) in [6, 6.07) is 5.70. The molecule has 1 amide bonds. The van der Waals surface area contributed by atoms with E-state index >= 15 is 0 Å². The Bertz CT molecular complexity index is 491. The van der Waals surface area contributed by atoms with Crippen molar-refractivity contribution in [3.05, 3.63) is 29.8 Å². The number of amides is 1. The van der Waals surface area contributed by atoms with Crippen LogP contribution in [0.25, 0.3) is 0 Å². The molecule has 1 aliphatic heterocycles. The molecule has 0 bridgehead atoms. The van der Waals surface area contributed by atoms with Gasteiger partial charge in [0.25, 0.3) is 5.91 Å². The molecule has 1 heterocycles. The molecule has 20 heavy (non-hydrogen) atoms. The van der Waals surface area contributed by atoms with E-state index in [9.17, 15) is 18.7 Å². The van der Waals surface area contributed by atoms with Crippen LogP contribution in [-0.4, -0.2) is 41.2 Å². The van der Waals surface area contributed by atoms with Gasteiger partial charge in [-0.2, -0.15) is 8.78 Å². The lowest BCUT2D eigenvalue weighted by Gasteiger charge is -2.36. The molecule has 0 saturated carbocycles. The predicted octanol–water partition coefficient (Wildman–Crippen LogP) is 2.28. The number of aliphatic hydroxyl groups is 1. The van der Waals surface area contributed by atoms with Gasteiger partial charge in [-0.15, -0.1) is 0 Å². The van der Waals surface area contributed by atoms with Gasteiger partial charge in [-0.25, -0.2) is 0 Å². The van der Waals surface area contributed by atoms with Gasteiger partial charge < -0.3 is 14.7 Å². The van der Waals surface area contributed by atoms with Crippen LogP contribution in [0.3, 0.4) is 0 Å². The first-order chi connectivity index (χ1) is 9.37. The summed E-state index contributed by atoms with van der Waals surface area (Å²) in [6.07, 6.45) is 1.36. The molecule has 0 aliphatic carbocycles. The smallest absolute Gasteiger partial charge is 0.387 e. The molecule has 6 heteroatoms. The Balaban J connectivity index is 2.12. The summed E-state index contributed by atoms with van der Waals surface area (Å²) in [7, 11) is 0. The zero-order valence-corrected chi connectivity index (χ0v) is 11.2. The molecule has 1 unspecified atom stereocenters. The number of carbonyl (C=O) groups excluding carboxylic acids is 1. The van der Waals surface area contributed by atoms with Gasteiger partial charge in [-0.05, 0) is 38.0 Å². The quantitative estimate of drug-likeness (QED) is 0.927. The number of alkyl halides is 2. The summed E-state index contributed by atoms with van der Waals surface area (Å²) in [5, 5.41) is 10.00. The highest BCUT2D eigenvalue weighted by atomic mass is 19.3. The van der Waals surface area contributed by atoms with E-state index in [1.165, 1.54) is 23.1 Å². The van der Waals surface area contributed by atoms with E-state index in [1.54, 1.807) is 13.0 Å². The molecular weight excluding hydrogens is 268 g/mol. The van der Waals surface area contributed by atoms with Crippen LogP contribution in [0.4, 0.5) is 8.78 Å². The Morgan fingerprint density at radius 2 is 2.25 bits per heavy atom. The van der Waals surface area contributed by atoms with Gasteiger partial charge in [0.1, 0.15) is 5.75 Å². The molecule has 1 aromatic carbocycles. The molecule has 1 aromatic rings. The maximum absolute atomic E-state index is 12.3. The second kappa shape index (κ2) is 5.75. The topological polar surface area (TPSA) is 49.8 Å². The van der Waals surface area contributed by atoms with E-state index < -0.39 is 12.2 Å². The maximum atomic E-state index is 12.3. The standard InChI is InChI=1S/C14H17F2NO3/c1-14(19)6-3-7-17(9-14)12(18)10-4-2-5-11(8-10)20-13(15)16/h2,4-5,8,13,19H,3,6-7,9H2,1H3. The van der Waals surface area contributed by atoms with Crippen LogP contribution in [-0.2, 0) is 0 Å². The SMILES string of the molecule is CC1(O)CCCN(C(=O)c2cccc(OC(F)F)c2)C1. The van der Waals surface area contributed by atoms with E-state index in [2.05, 4.69) is 4.74 Å². The van der Waals surface area contributed by atoms with Gasteiger partial charge >= 0.3 is 6.61 Å². The van der Waals surface area contributed by atoms with Crippen molar-refractivity contribution >= 4 is 5.91 Å². The number of ether oxygens (including phenoxy) is 1. The summed E-state index contributed by atoms with van der Waals surface area (Å²) in [5.41, 5.74) is -0.619. The van der Waals surface area contributed by atoms with Crippen molar-refractivity contribution in [2.45, 2.75) is 32.0 Å². The van der Waals surface area contributed by atoms with E-state index in [1.807, 2.05) is 0 Å². The van der Waals surface area contributed by atoms with Crippen molar-refractivity contribution in [3.8, 4) is 5.75 Å². The Labute approximate surface area is 116 Å². The highest BCUT2D eigenvalue weighted by Crippen LogP contribution is 2.23. The number of hydrogen-bond donors (Lipinski definition) is 1. The van der Waals surface area contributed by atoms with Crippen LogP contribution in [0.1, 0.15) is 30.1 Å². The predicted molar refractivity (Wildman–Crippen MR) is 68.8 cm³/mol. The number of hydrogen-bond acceptors (Lipinski definition) is 3. The number of β-amino-alcohol motifs (C(OH)–C–C–N with tert-alkyl or cyclic N) is 1. The number of piperidine rings is 1. The van der Waals surface area contributed by atoms with Gasteiger partial charge in [-0.1, -0.05) is 6.07 Å². The van der Waals surface area contributed by atoms with Crippen molar-refractivity contribution in [2.75, 3.05) is 13.1 Å². The van der Waals surface area contributed by atoms with Gasteiger partial charge in [-0.3, -0.25) is 4.79 Å². The minimum Gasteiger partial charge on any atom is -0.435 e. The molecule has 1 N–H and O–H groups in total. The molecule has 4 nitrogen and oxygen atoms in total. The monoisotopic (exact) mass is 285 g/mol. The van der Waals surface area contributed by atoms with E-state index in [0.29, 0.717) is 19.4 Å². The van der Waals surface area contributed by atoms with Crippen molar-refractivity contribution < 1.29 is 23.4 Å². The molecule has 0 spiro atoms. The fourth-order valence-electron chi connectivity index (χ4n) is 2.38. The lowest BCUT2D eigenvalue weighted by molar-refractivity contribution is -0.0499. The number of carbonyl (C=O) groups is 1. The molecule has 1 fully saturated rings. The average Bonchev–Trinajstić information content (AvgIpc) is 2.36. The third kappa shape index (κ3) is 3.66.